The van der Waals surface area contributed by atoms with Gasteiger partial charge >= 0.3 is 5.97 Å². The zero-order valence-corrected chi connectivity index (χ0v) is 12.7. The smallest absolute Gasteiger partial charge is 0.342 e. The number of esters is 1. The molecule has 0 N–H and O–H groups in total. The van der Waals surface area contributed by atoms with Crippen molar-refractivity contribution >= 4 is 17.0 Å². The highest BCUT2D eigenvalue weighted by Crippen LogP contribution is 2.17. The quantitative estimate of drug-likeness (QED) is 0.692. The van der Waals surface area contributed by atoms with Gasteiger partial charge in [0.1, 0.15) is 23.7 Å². The molecule has 5 heteroatoms. The molecule has 0 amide bonds. The molecule has 22 heavy (non-hydrogen) atoms. The first-order chi connectivity index (χ1) is 10.5. The molecule has 0 unspecified atom stereocenters. The number of fused-ring (bicyclic) bond motifs is 1. The molecule has 0 aliphatic heterocycles. The third kappa shape index (κ3) is 2.70. The van der Waals surface area contributed by atoms with Gasteiger partial charge in [0, 0.05) is 0 Å². The monoisotopic (exact) mass is 296 g/mol. The van der Waals surface area contributed by atoms with Crippen molar-refractivity contribution < 1.29 is 13.9 Å². The Bertz CT molecular complexity index is 852. The summed E-state index contributed by atoms with van der Waals surface area (Å²) in [5.74, 6) is 0.832. The second kappa shape index (κ2) is 5.60. The minimum absolute atomic E-state index is 0.0895. The fourth-order valence-electron chi connectivity index (χ4n) is 2.31. The second-order valence-corrected chi connectivity index (χ2v) is 5.15. The van der Waals surface area contributed by atoms with Gasteiger partial charge in [0.05, 0.1) is 22.4 Å². The molecule has 2 aromatic heterocycles. The molecule has 0 aliphatic carbocycles. The summed E-state index contributed by atoms with van der Waals surface area (Å²) < 4.78 is 10.7. The van der Waals surface area contributed by atoms with Crippen molar-refractivity contribution in [3.63, 3.8) is 0 Å². The summed E-state index contributed by atoms with van der Waals surface area (Å²) in [4.78, 5) is 21.1. The van der Waals surface area contributed by atoms with E-state index in [9.17, 15) is 4.79 Å². The number of hydrogen-bond acceptors (Lipinski definition) is 5. The molecule has 0 fully saturated rings. The van der Waals surface area contributed by atoms with Crippen LogP contribution >= 0.6 is 0 Å². The first-order valence-corrected chi connectivity index (χ1v) is 7.01. The van der Waals surface area contributed by atoms with Crippen molar-refractivity contribution in [2.24, 2.45) is 0 Å². The van der Waals surface area contributed by atoms with Crippen LogP contribution in [0.5, 0.6) is 0 Å². The van der Waals surface area contributed by atoms with Crippen LogP contribution in [-0.4, -0.2) is 15.9 Å². The molecule has 0 spiro atoms. The summed E-state index contributed by atoms with van der Waals surface area (Å²) in [5, 5.41) is 0. The third-order valence-electron chi connectivity index (χ3n) is 3.44. The van der Waals surface area contributed by atoms with Crippen LogP contribution in [-0.2, 0) is 11.3 Å². The first-order valence-electron chi connectivity index (χ1n) is 7.01. The number of ether oxygens (including phenoxy) is 1. The fourth-order valence-corrected chi connectivity index (χ4v) is 2.31. The van der Waals surface area contributed by atoms with Crippen LogP contribution in [0.3, 0.4) is 0 Å². The Kier molecular flexibility index (Phi) is 3.63. The number of aryl methyl sites for hydroxylation is 3. The molecule has 0 saturated carbocycles. The number of nitrogens with zero attached hydrogens (tertiary/aromatic N) is 2. The second-order valence-electron chi connectivity index (χ2n) is 5.15. The van der Waals surface area contributed by atoms with E-state index in [2.05, 4.69) is 9.97 Å². The summed E-state index contributed by atoms with van der Waals surface area (Å²) in [6.45, 7) is 5.48. The van der Waals surface area contributed by atoms with E-state index in [0.29, 0.717) is 22.8 Å². The lowest BCUT2D eigenvalue weighted by molar-refractivity contribution is 0.0465. The number of carbonyl (C=O) groups is 1. The predicted octanol–water partition coefficient (Wildman–Crippen LogP) is 3.51. The van der Waals surface area contributed by atoms with Crippen LogP contribution < -0.4 is 0 Å². The van der Waals surface area contributed by atoms with E-state index in [1.807, 2.05) is 31.2 Å². The Balaban J connectivity index is 1.80. The zero-order chi connectivity index (χ0) is 15.7. The van der Waals surface area contributed by atoms with Gasteiger partial charge in [0.25, 0.3) is 0 Å². The summed E-state index contributed by atoms with van der Waals surface area (Å²) in [5.41, 5.74) is 3.48. The number of para-hydroxylation sites is 2. The number of benzene rings is 1. The number of aromatic nitrogens is 2. The largest absolute Gasteiger partial charge is 0.466 e. The van der Waals surface area contributed by atoms with Gasteiger partial charge in [-0.05, 0) is 39.0 Å². The molecule has 0 aliphatic rings. The molecule has 3 rings (SSSR count). The molecule has 0 saturated heterocycles. The zero-order valence-electron chi connectivity index (χ0n) is 12.7. The van der Waals surface area contributed by atoms with Gasteiger partial charge < -0.3 is 9.15 Å². The topological polar surface area (TPSA) is 65.2 Å². The van der Waals surface area contributed by atoms with Crippen molar-refractivity contribution in [3.8, 4) is 0 Å². The van der Waals surface area contributed by atoms with E-state index >= 15 is 0 Å². The average Bonchev–Trinajstić information content (AvgIpc) is 2.83. The van der Waals surface area contributed by atoms with Gasteiger partial charge in [-0.2, -0.15) is 0 Å². The predicted molar refractivity (Wildman–Crippen MR) is 81.6 cm³/mol. The maximum atomic E-state index is 12.1. The van der Waals surface area contributed by atoms with E-state index in [-0.39, 0.29) is 6.61 Å². The lowest BCUT2D eigenvalue weighted by Gasteiger charge is -2.07. The summed E-state index contributed by atoms with van der Waals surface area (Å²) in [7, 11) is 0. The van der Waals surface area contributed by atoms with Crippen LogP contribution in [0.15, 0.2) is 34.7 Å². The highest BCUT2D eigenvalue weighted by atomic mass is 16.5. The summed E-state index contributed by atoms with van der Waals surface area (Å²) >= 11 is 0. The molecule has 2 heterocycles. The van der Waals surface area contributed by atoms with Gasteiger partial charge in [-0.25, -0.2) is 14.8 Å². The maximum absolute atomic E-state index is 12.1. The molecule has 112 valence electrons. The van der Waals surface area contributed by atoms with Gasteiger partial charge in [-0.3, -0.25) is 0 Å². The minimum atomic E-state index is -0.413. The van der Waals surface area contributed by atoms with Crippen molar-refractivity contribution in [2.75, 3.05) is 0 Å². The Morgan fingerprint density at radius 1 is 1.14 bits per heavy atom. The van der Waals surface area contributed by atoms with Crippen LogP contribution in [0.25, 0.3) is 11.0 Å². The van der Waals surface area contributed by atoms with E-state index in [1.54, 1.807) is 19.9 Å². The van der Waals surface area contributed by atoms with Crippen molar-refractivity contribution in [1.29, 1.82) is 0 Å². The highest BCUT2D eigenvalue weighted by molar-refractivity contribution is 5.90. The molecule has 0 bridgehead atoms. The van der Waals surface area contributed by atoms with Crippen LogP contribution in [0.1, 0.15) is 33.3 Å². The Morgan fingerprint density at radius 2 is 1.82 bits per heavy atom. The lowest BCUT2D eigenvalue weighted by atomic mass is 10.2. The number of rotatable bonds is 3. The van der Waals surface area contributed by atoms with Gasteiger partial charge in [0.15, 0.2) is 0 Å². The van der Waals surface area contributed by atoms with E-state index in [1.165, 1.54) is 0 Å². The third-order valence-corrected chi connectivity index (χ3v) is 3.44. The Labute approximate surface area is 128 Å². The SMILES string of the molecule is Cc1cc(C(=O)OCc2nc3ccccc3nc2C)c(C)o1. The highest BCUT2D eigenvalue weighted by Gasteiger charge is 2.16. The molecule has 3 aromatic rings. The molecule has 0 radical (unpaired) electrons. The average molecular weight is 296 g/mol. The number of hydrogen-bond donors (Lipinski definition) is 0. The van der Waals surface area contributed by atoms with Gasteiger partial charge in [-0.15, -0.1) is 0 Å². The van der Waals surface area contributed by atoms with Crippen molar-refractivity contribution in [2.45, 2.75) is 27.4 Å². The normalized spacial score (nSPS) is 10.9. The van der Waals surface area contributed by atoms with Crippen LogP contribution in [0, 0.1) is 20.8 Å². The van der Waals surface area contributed by atoms with Crippen LogP contribution in [0.2, 0.25) is 0 Å². The van der Waals surface area contributed by atoms with E-state index < -0.39 is 5.97 Å². The maximum Gasteiger partial charge on any atom is 0.342 e. The fraction of sp³-hybridized carbons (Fsp3) is 0.235. The van der Waals surface area contributed by atoms with E-state index in [4.69, 9.17) is 9.15 Å². The Morgan fingerprint density at radius 3 is 2.45 bits per heavy atom. The van der Waals surface area contributed by atoms with Crippen LogP contribution in [0.4, 0.5) is 0 Å². The van der Waals surface area contributed by atoms with E-state index in [0.717, 1.165) is 16.7 Å². The Hall–Kier alpha value is -2.69. The lowest BCUT2D eigenvalue weighted by Crippen LogP contribution is -2.08. The first kappa shape index (κ1) is 14.3. The summed E-state index contributed by atoms with van der Waals surface area (Å²) in [6, 6.07) is 9.29. The molecule has 0 atom stereocenters. The molecule has 5 nitrogen and oxygen atoms in total. The standard InChI is InChI=1S/C17H16N2O3/c1-10-8-13(12(3)22-10)17(20)21-9-16-11(2)18-14-6-4-5-7-15(14)19-16/h4-8H,9H2,1-3H3. The van der Waals surface area contributed by atoms with Crippen molar-refractivity contribution in [3.05, 3.63) is 58.8 Å². The molecule has 1 aromatic carbocycles. The minimum Gasteiger partial charge on any atom is -0.466 e. The summed E-state index contributed by atoms with van der Waals surface area (Å²) in [6.07, 6.45) is 0. The van der Waals surface area contributed by atoms with Gasteiger partial charge in [0.2, 0.25) is 0 Å². The number of furan rings is 1. The molecular formula is C17H16N2O3. The number of carbonyl (C=O) groups excluding carboxylic acids is 1. The molecular weight excluding hydrogens is 280 g/mol. The van der Waals surface area contributed by atoms with Gasteiger partial charge in [-0.1, -0.05) is 12.1 Å². The van der Waals surface area contributed by atoms with Crippen molar-refractivity contribution in [1.82, 2.24) is 9.97 Å².